The fourth-order valence-corrected chi connectivity index (χ4v) is 3.88. The molecule has 1 unspecified atom stereocenters. The lowest BCUT2D eigenvalue weighted by atomic mass is 9.98. The van der Waals surface area contributed by atoms with E-state index in [1.165, 1.54) is 35.8 Å². The van der Waals surface area contributed by atoms with Crippen molar-refractivity contribution in [2.75, 3.05) is 19.6 Å². The average Bonchev–Trinajstić information content (AvgIpc) is 3.04. The molecule has 2 heterocycles. The molecule has 1 aromatic rings. The molecule has 0 saturated carbocycles. The van der Waals surface area contributed by atoms with E-state index in [4.69, 9.17) is 0 Å². The second kappa shape index (κ2) is 7.21. The van der Waals surface area contributed by atoms with Crippen LogP contribution in [-0.2, 0) is 12.0 Å². The Labute approximate surface area is 134 Å². The summed E-state index contributed by atoms with van der Waals surface area (Å²) in [4.78, 5) is 8.57. The first-order valence-electron chi connectivity index (χ1n) is 8.28. The Kier molecular flexibility index (Phi) is 5.81. The number of rotatable bonds is 6. The van der Waals surface area contributed by atoms with Crippen LogP contribution < -0.4 is 5.32 Å². The maximum absolute atomic E-state index is 4.57. The van der Waals surface area contributed by atoms with Crippen molar-refractivity contribution in [3.63, 3.8) is 0 Å². The Hall–Kier alpha value is -0.450. The fraction of sp³-hybridized carbons (Fsp3) is 0.824. The van der Waals surface area contributed by atoms with Crippen LogP contribution in [-0.4, -0.2) is 35.6 Å². The van der Waals surface area contributed by atoms with Crippen LogP contribution in [0.4, 0.5) is 0 Å². The molecule has 0 spiro atoms. The molecule has 1 saturated heterocycles. The van der Waals surface area contributed by atoms with E-state index in [0.717, 1.165) is 13.1 Å². The number of likely N-dealkylation sites (tertiary alicyclic amines) is 1. The number of hydrogen-bond donors (Lipinski definition) is 1. The second-order valence-electron chi connectivity index (χ2n) is 7.57. The zero-order valence-electron chi connectivity index (χ0n) is 14.3. The number of aromatic nitrogens is 1. The molecule has 120 valence electrons. The minimum atomic E-state index is 0.166. The van der Waals surface area contributed by atoms with E-state index in [1.54, 1.807) is 0 Å². The van der Waals surface area contributed by atoms with Crippen LogP contribution in [0.1, 0.15) is 57.3 Å². The van der Waals surface area contributed by atoms with Crippen LogP contribution in [0.25, 0.3) is 0 Å². The molecule has 1 N–H and O–H groups in total. The third kappa shape index (κ3) is 4.76. The monoisotopic (exact) mass is 309 g/mol. The molecule has 21 heavy (non-hydrogen) atoms. The summed E-state index contributed by atoms with van der Waals surface area (Å²) in [6.45, 7) is 16.0. The molecule has 1 aliphatic heterocycles. The van der Waals surface area contributed by atoms with Crippen LogP contribution in [0.15, 0.2) is 6.20 Å². The first kappa shape index (κ1) is 16.9. The van der Waals surface area contributed by atoms with Crippen LogP contribution in [0, 0.1) is 5.92 Å². The van der Waals surface area contributed by atoms with Crippen LogP contribution in [0.2, 0.25) is 0 Å². The van der Waals surface area contributed by atoms with Crippen LogP contribution >= 0.6 is 11.3 Å². The lowest BCUT2D eigenvalue weighted by Crippen LogP contribution is -2.43. The standard InChI is InChI=1S/C17H31N3S/c1-13(2)15(20-8-6-7-9-20)12-18-10-14-11-19-16(21-14)17(3,4)5/h11,13,15,18H,6-10,12H2,1-5H3. The van der Waals surface area contributed by atoms with Gasteiger partial charge in [0.2, 0.25) is 0 Å². The number of nitrogens with zero attached hydrogens (tertiary/aromatic N) is 2. The highest BCUT2D eigenvalue weighted by Crippen LogP contribution is 2.26. The van der Waals surface area contributed by atoms with Gasteiger partial charge in [-0.1, -0.05) is 34.6 Å². The quantitative estimate of drug-likeness (QED) is 0.869. The second-order valence-corrected chi connectivity index (χ2v) is 8.68. The van der Waals surface area contributed by atoms with Crippen LogP contribution in [0.3, 0.4) is 0 Å². The molecule has 0 aromatic carbocycles. The molecular weight excluding hydrogens is 278 g/mol. The summed E-state index contributed by atoms with van der Waals surface area (Å²) in [6, 6.07) is 0.669. The molecule has 1 fully saturated rings. The number of nitrogens with one attached hydrogen (secondary N) is 1. The predicted molar refractivity (Wildman–Crippen MR) is 92.0 cm³/mol. The molecule has 1 aromatic heterocycles. The molecule has 0 bridgehead atoms. The van der Waals surface area contributed by atoms with Gasteiger partial charge in [0.05, 0.1) is 5.01 Å². The Morgan fingerprint density at radius 3 is 2.48 bits per heavy atom. The van der Waals surface area contributed by atoms with Gasteiger partial charge < -0.3 is 5.32 Å². The predicted octanol–water partition coefficient (Wildman–Crippen LogP) is 3.65. The van der Waals surface area contributed by atoms with Gasteiger partial charge in [-0.05, 0) is 31.8 Å². The topological polar surface area (TPSA) is 28.2 Å². The van der Waals surface area contributed by atoms with E-state index in [2.05, 4.69) is 49.8 Å². The first-order chi connectivity index (χ1) is 9.88. The smallest absolute Gasteiger partial charge is 0.0981 e. The van der Waals surface area contributed by atoms with Gasteiger partial charge in [-0.2, -0.15) is 0 Å². The molecule has 0 radical (unpaired) electrons. The van der Waals surface area contributed by atoms with Gasteiger partial charge in [0, 0.05) is 35.6 Å². The van der Waals surface area contributed by atoms with Gasteiger partial charge in [-0.3, -0.25) is 4.90 Å². The SMILES string of the molecule is CC(C)C(CNCc1cnc(C(C)(C)C)s1)N1CCCC1. The van der Waals surface area contributed by atoms with Gasteiger partial charge in [0.1, 0.15) is 0 Å². The maximum atomic E-state index is 4.57. The van der Waals surface area contributed by atoms with E-state index in [9.17, 15) is 0 Å². The molecule has 0 amide bonds. The molecular formula is C17H31N3S. The highest BCUT2D eigenvalue weighted by molar-refractivity contribution is 7.11. The van der Waals surface area contributed by atoms with E-state index in [0.29, 0.717) is 12.0 Å². The van der Waals surface area contributed by atoms with Gasteiger partial charge in [-0.15, -0.1) is 11.3 Å². The summed E-state index contributed by atoms with van der Waals surface area (Å²) in [5.41, 5.74) is 0.166. The van der Waals surface area contributed by atoms with Crippen molar-refractivity contribution in [1.29, 1.82) is 0 Å². The van der Waals surface area contributed by atoms with Crippen molar-refractivity contribution in [3.05, 3.63) is 16.1 Å². The molecule has 1 aliphatic rings. The summed E-state index contributed by atoms with van der Waals surface area (Å²) in [6.07, 6.45) is 4.78. The zero-order valence-corrected chi connectivity index (χ0v) is 15.1. The van der Waals surface area contributed by atoms with E-state index < -0.39 is 0 Å². The highest BCUT2D eigenvalue weighted by atomic mass is 32.1. The van der Waals surface area contributed by atoms with Gasteiger partial charge in [0.15, 0.2) is 0 Å². The summed E-state index contributed by atoms with van der Waals surface area (Å²) < 4.78 is 0. The van der Waals surface area contributed by atoms with E-state index in [-0.39, 0.29) is 5.41 Å². The minimum Gasteiger partial charge on any atom is -0.310 e. The van der Waals surface area contributed by atoms with Gasteiger partial charge >= 0.3 is 0 Å². The fourth-order valence-electron chi connectivity index (χ4n) is 2.94. The number of thiazole rings is 1. The zero-order chi connectivity index (χ0) is 15.5. The van der Waals surface area contributed by atoms with Gasteiger partial charge in [-0.25, -0.2) is 4.98 Å². The average molecular weight is 310 g/mol. The summed E-state index contributed by atoms with van der Waals surface area (Å²) in [7, 11) is 0. The summed E-state index contributed by atoms with van der Waals surface area (Å²) in [5.74, 6) is 0.710. The molecule has 1 atom stereocenters. The lowest BCUT2D eigenvalue weighted by Gasteiger charge is -2.31. The third-order valence-electron chi connectivity index (χ3n) is 4.23. The molecule has 2 rings (SSSR count). The van der Waals surface area contributed by atoms with Crippen molar-refractivity contribution in [2.45, 2.75) is 65.5 Å². The Bertz CT molecular complexity index is 427. The summed E-state index contributed by atoms with van der Waals surface area (Å²) in [5, 5.41) is 4.89. The van der Waals surface area contributed by atoms with Crippen molar-refractivity contribution in [1.82, 2.24) is 15.2 Å². The minimum absolute atomic E-state index is 0.166. The van der Waals surface area contributed by atoms with Crippen molar-refractivity contribution in [3.8, 4) is 0 Å². The normalized spacial score (nSPS) is 18.6. The Morgan fingerprint density at radius 1 is 1.29 bits per heavy atom. The Balaban J connectivity index is 1.83. The van der Waals surface area contributed by atoms with Crippen LogP contribution in [0.5, 0.6) is 0 Å². The Morgan fingerprint density at radius 2 is 1.95 bits per heavy atom. The third-order valence-corrected chi connectivity index (χ3v) is 5.65. The molecule has 0 aliphatic carbocycles. The summed E-state index contributed by atoms with van der Waals surface area (Å²) >= 11 is 1.84. The van der Waals surface area contributed by atoms with E-state index in [1.807, 2.05) is 17.5 Å². The highest BCUT2D eigenvalue weighted by Gasteiger charge is 2.24. The largest absolute Gasteiger partial charge is 0.310 e. The first-order valence-corrected chi connectivity index (χ1v) is 9.09. The lowest BCUT2D eigenvalue weighted by molar-refractivity contribution is 0.186. The molecule has 3 nitrogen and oxygen atoms in total. The van der Waals surface area contributed by atoms with Crippen molar-refractivity contribution in [2.24, 2.45) is 5.92 Å². The van der Waals surface area contributed by atoms with E-state index >= 15 is 0 Å². The maximum Gasteiger partial charge on any atom is 0.0981 e. The van der Waals surface area contributed by atoms with Crippen molar-refractivity contribution < 1.29 is 0 Å². The van der Waals surface area contributed by atoms with Gasteiger partial charge in [0.25, 0.3) is 0 Å². The number of hydrogen-bond acceptors (Lipinski definition) is 4. The molecule has 4 heteroatoms. The van der Waals surface area contributed by atoms with Crippen molar-refractivity contribution >= 4 is 11.3 Å².